The number of carboxylic acid groups (broad SMARTS) is 1. The van der Waals surface area contributed by atoms with Crippen molar-refractivity contribution in [3.05, 3.63) is 81.9 Å². The van der Waals surface area contributed by atoms with Crippen LogP contribution >= 0.6 is 11.6 Å². The Balaban J connectivity index is 1.66. The molecule has 0 radical (unpaired) electrons. The minimum absolute atomic E-state index is 0.00698. The number of hydrazine groups is 1. The molecule has 0 saturated heterocycles. The van der Waals surface area contributed by atoms with Crippen LogP contribution in [0.5, 0.6) is 0 Å². The third-order valence-corrected chi connectivity index (χ3v) is 5.15. The Morgan fingerprint density at radius 3 is 2.43 bits per heavy atom. The van der Waals surface area contributed by atoms with Crippen LogP contribution in [-0.2, 0) is 20.8 Å². The van der Waals surface area contributed by atoms with E-state index >= 15 is 0 Å². The summed E-state index contributed by atoms with van der Waals surface area (Å²) in [5.74, 6) is -3.61. The minimum atomic E-state index is -1.74. The second-order valence-electron chi connectivity index (χ2n) is 7.55. The van der Waals surface area contributed by atoms with Crippen LogP contribution in [-0.4, -0.2) is 50.1 Å². The molecule has 0 fully saturated rings. The second kappa shape index (κ2) is 11.8. The summed E-state index contributed by atoms with van der Waals surface area (Å²) in [6, 6.07) is 14.8. The molecule has 3 aromatic rings. The number of carbonyl (C=O) groups is 3. The third kappa shape index (κ3) is 7.66. The Morgan fingerprint density at radius 1 is 1.03 bits per heavy atom. The third-order valence-electron chi connectivity index (χ3n) is 4.91. The van der Waals surface area contributed by atoms with E-state index in [-0.39, 0.29) is 18.7 Å². The number of hydrogen-bond donors (Lipinski definition) is 6. The lowest BCUT2D eigenvalue weighted by molar-refractivity contribution is -0.147. The van der Waals surface area contributed by atoms with Gasteiger partial charge in [-0.15, -0.1) is 0 Å². The van der Waals surface area contributed by atoms with Crippen LogP contribution in [0.25, 0.3) is 11.1 Å². The molecule has 0 spiro atoms. The van der Waals surface area contributed by atoms with Crippen molar-refractivity contribution >= 4 is 35.2 Å². The summed E-state index contributed by atoms with van der Waals surface area (Å²) in [6.45, 7) is 0. The van der Waals surface area contributed by atoms with Gasteiger partial charge < -0.3 is 20.5 Å². The molecule has 1 aromatic heterocycles. The van der Waals surface area contributed by atoms with Crippen molar-refractivity contribution in [1.29, 1.82) is 0 Å². The van der Waals surface area contributed by atoms with Crippen LogP contribution in [0.1, 0.15) is 12.0 Å². The van der Waals surface area contributed by atoms with Gasteiger partial charge >= 0.3 is 17.8 Å². The first kappa shape index (κ1) is 25.4. The van der Waals surface area contributed by atoms with Gasteiger partial charge in [0.1, 0.15) is 0 Å². The highest BCUT2D eigenvalue weighted by Crippen LogP contribution is 2.23. The molecule has 0 bridgehead atoms. The SMILES string of the molecule is O=C(NNc1cc(=O)[nH]cn1)C(=O)N[C@H](Cc1ccc(-c2cccc(Cl)c2)cc1)C[C@@H](O)C(=O)O. The smallest absolute Gasteiger partial charge is 0.332 e. The number of anilines is 1. The number of rotatable bonds is 9. The van der Waals surface area contributed by atoms with E-state index in [2.05, 4.69) is 26.1 Å². The average molecular weight is 500 g/mol. The number of aliphatic hydroxyl groups is 1. The van der Waals surface area contributed by atoms with Crippen LogP contribution in [0.3, 0.4) is 0 Å². The summed E-state index contributed by atoms with van der Waals surface area (Å²) >= 11 is 6.04. The van der Waals surface area contributed by atoms with E-state index < -0.39 is 35.5 Å². The van der Waals surface area contributed by atoms with Gasteiger partial charge in [0.05, 0.1) is 6.33 Å². The van der Waals surface area contributed by atoms with E-state index in [1.807, 2.05) is 30.3 Å². The van der Waals surface area contributed by atoms with Gasteiger partial charge in [0.2, 0.25) is 0 Å². The Labute approximate surface area is 204 Å². The molecule has 12 heteroatoms. The molecule has 0 unspecified atom stereocenters. The van der Waals surface area contributed by atoms with Gasteiger partial charge in [0.15, 0.2) is 11.9 Å². The summed E-state index contributed by atoms with van der Waals surface area (Å²) in [4.78, 5) is 53.0. The summed E-state index contributed by atoms with van der Waals surface area (Å²) in [5, 5.41) is 21.9. The van der Waals surface area contributed by atoms with E-state index in [0.717, 1.165) is 29.1 Å². The highest BCUT2D eigenvalue weighted by Gasteiger charge is 2.24. The molecule has 0 aliphatic heterocycles. The number of carboxylic acids is 1. The Bertz CT molecular complexity index is 1260. The number of carbonyl (C=O) groups excluding carboxylic acids is 2. The Morgan fingerprint density at radius 2 is 1.77 bits per heavy atom. The first-order chi connectivity index (χ1) is 16.7. The van der Waals surface area contributed by atoms with Crippen molar-refractivity contribution in [2.45, 2.75) is 25.0 Å². The maximum atomic E-state index is 12.4. The number of hydrogen-bond acceptors (Lipinski definition) is 7. The van der Waals surface area contributed by atoms with Gasteiger partial charge in [-0.05, 0) is 35.2 Å². The lowest BCUT2D eigenvalue weighted by atomic mass is 9.98. The van der Waals surface area contributed by atoms with Crippen molar-refractivity contribution in [1.82, 2.24) is 20.7 Å². The highest BCUT2D eigenvalue weighted by molar-refractivity contribution is 6.35. The zero-order valence-corrected chi connectivity index (χ0v) is 19.0. The van der Waals surface area contributed by atoms with Gasteiger partial charge in [-0.3, -0.25) is 25.2 Å². The fraction of sp³-hybridized carbons (Fsp3) is 0.174. The number of benzene rings is 2. The molecule has 1 heterocycles. The van der Waals surface area contributed by atoms with Crippen LogP contribution in [0.15, 0.2) is 65.7 Å². The molecule has 182 valence electrons. The van der Waals surface area contributed by atoms with Crippen LogP contribution in [0.2, 0.25) is 5.02 Å². The monoisotopic (exact) mass is 499 g/mol. The lowest BCUT2D eigenvalue weighted by Gasteiger charge is -2.20. The van der Waals surface area contributed by atoms with E-state index in [1.54, 1.807) is 18.2 Å². The van der Waals surface area contributed by atoms with Gasteiger partial charge in [-0.1, -0.05) is 48.0 Å². The van der Waals surface area contributed by atoms with E-state index in [4.69, 9.17) is 16.7 Å². The summed E-state index contributed by atoms with van der Waals surface area (Å²) in [6.07, 6.45) is -0.805. The predicted octanol–water partition coefficient (Wildman–Crippen LogP) is 1.10. The van der Waals surface area contributed by atoms with Crippen LogP contribution in [0, 0.1) is 0 Å². The molecule has 0 saturated carbocycles. The normalized spacial score (nSPS) is 12.3. The Kier molecular flexibility index (Phi) is 8.54. The van der Waals surface area contributed by atoms with Crippen LogP contribution in [0.4, 0.5) is 5.82 Å². The molecule has 2 amide bonds. The molecule has 6 N–H and O–H groups in total. The Hall–Kier alpha value is -4.22. The van der Waals surface area contributed by atoms with E-state index in [1.165, 1.54) is 0 Å². The van der Waals surface area contributed by atoms with Gasteiger partial charge in [-0.25, -0.2) is 9.78 Å². The number of nitrogens with zero attached hydrogens (tertiary/aromatic N) is 1. The highest BCUT2D eigenvalue weighted by atomic mass is 35.5. The zero-order valence-electron chi connectivity index (χ0n) is 18.2. The predicted molar refractivity (Wildman–Crippen MR) is 127 cm³/mol. The largest absolute Gasteiger partial charge is 0.479 e. The molecule has 3 rings (SSSR count). The molecule has 0 aliphatic carbocycles. The van der Waals surface area contributed by atoms with Crippen LogP contribution < -0.4 is 21.7 Å². The number of nitrogens with one attached hydrogen (secondary N) is 4. The number of aromatic amines is 1. The first-order valence-electron chi connectivity index (χ1n) is 10.4. The minimum Gasteiger partial charge on any atom is -0.479 e. The fourth-order valence-electron chi connectivity index (χ4n) is 3.21. The summed E-state index contributed by atoms with van der Waals surface area (Å²) in [5.41, 5.74) is 6.51. The second-order valence-corrected chi connectivity index (χ2v) is 7.98. The molecule has 2 aromatic carbocycles. The molecular formula is C23H22ClN5O6. The van der Waals surface area contributed by atoms with Crippen molar-refractivity contribution in [2.75, 3.05) is 5.43 Å². The van der Waals surface area contributed by atoms with Crippen molar-refractivity contribution in [3.8, 4) is 11.1 Å². The molecule has 35 heavy (non-hydrogen) atoms. The van der Waals surface area contributed by atoms with Crippen molar-refractivity contribution in [2.24, 2.45) is 0 Å². The van der Waals surface area contributed by atoms with Crippen molar-refractivity contribution < 1.29 is 24.6 Å². The number of aliphatic hydroxyl groups excluding tert-OH is 1. The molecule has 11 nitrogen and oxygen atoms in total. The number of halogens is 1. The number of H-pyrrole nitrogens is 1. The molecular weight excluding hydrogens is 478 g/mol. The lowest BCUT2D eigenvalue weighted by Crippen LogP contribution is -2.48. The zero-order chi connectivity index (χ0) is 25.4. The summed E-state index contributed by atoms with van der Waals surface area (Å²) < 4.78 is 0. The number of amides is 2. The van der Waals surface area contributed by atoms with E-state index in [9.17, 15) is 24.3 Å². The topological polar surface area (TPSA) is 174 Å². The number of aromatic nitrogens is 2. The van der Waals surface area contributed by atoms with Gasteiger partial charge in [0, 0.05) is 23.6 Å². The summed E-state index contributed by atoms with van der Waals surface area (Å²) in [7, 11) is 0. The fourth-order valence-corrected chi connectivity index (χ4v) is 3.41. The van der Waals surface area contributed by atoms with Crippen molar-refractivity contribution in [3.63, 3.8) is 0 Å². The molecule has 0 aliphatic rings. The van der Waals surface area contributed by atoms with Gasteiger partial charge in [-0.2, -0.15) is 0 Å². The molecule has 2 atom stereocenters. The maximum absolute atomic E-state index is 12.4. The average Bonchev–Trinajstić information content (AvgIpc) is 2.83. The quantitative estimate of drug-likeness (QED) is 0.187. The maximum Gasteiger partial charge on any atom is 0.332 e. The first-order valence-corrected chi connectivity index (χ1v) is 10.8. The standard InChI is InChI=1S/C23H22ClN5O6/c24-16-3-1-2-15(9-16)14-6-4-13(5-7-14)8-17(10-18(30)23(34)35)27-21(32)22(33)29-28-19-11-20(31)26-12-25-19/h1-7,9,11-12,17-18,30H,8,10H2,(H,27,32)(H,29,33)(H,34,35)(H2,25,26,28,31)/t17-,18-/m1/s1. The van der Waals surface area contributed by atoms with Gasteiger partial charge in [0.25, 0.3) is 5.56 Å². The van der Waals surface area contributed by atoms with E-state index in [0.29, 0.717) is 5.02 Å². The number of aliphatic carboxylic acids is 1.